The quantitative estimate of drug-likeness (QED) is 0.538. The van der Waals surface area contributed by atoms with E-state index in [-0.39, 0.29) is 21.0 Å². The van der Waals surface area contributed by atoms with E-state index in [0.29, 0.717) is 0 Å². The van der Waals surface area contributed by atoms with E-state index >= 15 is 0 Å². The minimum Gasteiger partial charge on any atom is -0.234 e. The van der Waals surface area contributed by atoms with E-state index in [1.807, 2.05) is 41.1 Å². The van der Waals surface area contributed by atoms with Crippen LogP contribution < -0.4 is 0 Å². The average Bonchev–Trinajstić information content (AvgIpc) is 2.81. The molecule has 1 aliphatic rings. The largest absolute Gasteiger partial charge is 0.234 e. The molecule has 1 aliphatic heterocycles. The van der Waals surface area contributed by atoms with E-state index in [4.69, 9.17) is 0 Å². The maximum atomic E-state index is 4.44. The molecule has 0 saturated carbocycles. The smallest absolute Gasteiger partial charge is 0.155 e. The summed E-state index contributed by atoms with van der Waals surface area (Å²) in [4.78, 5) is 4.27. The Balaban J connectivity index is 1.98. The minimum atomic E-state index is -0.232. The first-order chi connectivity index (χ1) is 8.43. The molecular formula is C13H8IN3. The molecule has 3 nitrogen and oxygen atoms in total. The molecule has 0 atom stereocenters. The number of rotatable bonds is 0. The van der Waals surface area contributed by atoms with Gasteiger partial charge in [0.2, 0.25) is 0 Å². The number of benzene rings is 1. The first-order valence-electron chi connectivity index (χ1n) is 5.09. The highest BCUT2D eigenvalue weighted by atomic mass is 127. The van der Waals surface area contributed by atoms with Crippen LogP contribution in [0.4, 0.5) is 0 Å². The van der Waals surface area contributed by atoms with E-state index < -0.39 is 0 Å². The molecule has 1 aromatic carbocycles. The Morgan fingerprint density at radius 2 is 2.00 bits per heavy atom. The first-order valence-corrected chi connectivity index (χ1v) is 7.30. The van der Waals surface area contributed by atoms with Gasteiger partial charge in [0.25, 0.3) is 0 Å². The summed E-state index contributed by atoms with van der Waals surface area (Å²) < 4.78 is 8.37. The van der Waals surface area contributed by atoms with Crippen LogP contribution in [-0.2, 0) is 0 Å². The Bertz CT molecular complexity index is 657. The maximum absolute atomic E-state index is 4.44. The van der Waals surface area contributed by atoms with Crippen molar-refractivity contribution in [2.24, 2.45) is 3.25 Å². The summed E-state index contributed by atoms with van der Waals surface area (Å²) in [6, 6.07) is 9.92. The zero-order chi connectivity index (χ0) is 11.5. The van der Waals surface area contributed by atoms with Gasteiger partial charge in [0.15, 0.2) is 5.82 Å². The predicted molar refractivity (Wildman–Crippen MR) is 75.5 cm³/mol. The maximum Gasteiger partial charge on any atom is 0.155 e. The fraction of sp³-hybridized carbons (Fsp3) is 0. The number of fused-ring (bicyclic) bond motifs is 1. The zero-order valence-electron chi connectivity index (χ0n) is 8.84. The summed E-state index contributed by atoms with van der Waals surface area (Å²) in [5, 5.41) is 0. The summed E-state index contributed by atoms with van der Waals surface area (Å²) in [5.74, 6) is 7.09. The van der Waals surface area contributed by atoms with Gasteiger partial charge in [0.05, 0.1) is 6.20 Å². The molecule has 1 aromatic heterocycles. The van der Waals surface area contributed by atoms with Crippen LogP contribution in [0.15, 0.2) is 43.9 Å². The highest BCUT2D eigenvalue weighted by Crippen LogP contribution is 2.18. The lowest BCUT2D eigenvalue weighted by molar-refractivity contribution is 0.878. The van der Waals surface area contributed by atoms with Gasteiger partial charge >= 0.3 is 0 Å². The van der Waals surface area contributed by atoms with Crippen molar-refractivity contribution in [3.8, 4) is 11.8 Å². The fourth-order valence-corrected chi connectivity index (χ4v) is 2.78. The summed E-state index contributed by atoms with van der Waals surface area (Å²) in [5.41, 5.74) is 1.86. The van der Waals surface area contributed by atoms with Crippen LogP contribution in [0.5, 0.6) is 0 Å². The van der Waals surface area contributed by atoms with Crippen molar-refractivity contribution in [2.45, 2.75) is 0 Å². The Labute approximate surface area is 109 Å². The second kappa shape index (κ2) is 4.63. The molecule has 0 fully saturated rings. The summed E-state index contributed by atoms with van der Waals surface area (Å²) in [6.07, 6.45) is 3.78. The molecule has 2 heterocycles. The van der Waals surface area contributed by atoms with Crippen LogP contribution in [0.1, 0.15) is 17.1 Å². The van der Waals surface area contributed by atoms with E-state index in [2.05, 4.69) is 24.2 Å². The van der Waals surface area contributed by atoms with Gasteiger partial charge in [-0.25, -0.2) is 9.66 Å². The first kappa shape index (κ1) is 10.4. The van der Waals surface area contributed by atoms with Gasteiger partial charge < -0.3 is 0 Å². The molecule has 0 saturated heterocycles. The number of hydrogen-bond donors (Lipinski definition) is 0. The molecule has 17 heavy (non-hydrogen) atoms. The molecule has 0 N–H and O–H groups in total. The van der Waals surface area contributed by atoms with E-state index in [1.165, 1.54) is 0 Å². The van der Waals surface area contributed by atoms with Gasteiger partial charge in [-0.3, -0.25) is 0 Å². The van der Waals surface area contributed by atoms with Gasteiger partial charge in [0, 0.05) is 26.6 Å². The minimum absolute atomic E-state index is 0.232. The van der Waals surface area contributed by atoms with Gasteiger partial charge in [-0.05, 0) is 28.2 Å². The highest BCUT2D eigenvalue weighted by molar-refractivity contribution is 14.2. The third-order valence-electron chi connectivity index (χ3n) is 2.26. The lowest BCUT2D eigenvalue weighted by Crippen LogP contribution is -1.94. The van der Waals surface area contributed by atoms with Crippen LogP contribution in [0, 0.1) is 11.8 Å². The van der Waals surface area contributed by atoms with Crippen molar-refractivity contribution in [2.75, 3.05) is 0 Å². The lowest BCUT2D eigenvalue weighted by atomic mass is 10.2. The number of aromatic nitrogens is 2. The predicted octanol–water partition coefficient (Wildman–Crippen LogP) is 3.18. The van der Waals surface area contributed by atoms with Gasteiger partial charge in [-0.1, -0.05) is 24.1 Å². The Hall–Kier alpha value is -1.74. The second-order valence-corrected chi connectivity index (χ2v) is 5.10. The third kappa shape index (κ3) is 2.19. The van der Waals surface area contributed by atoms with Crippen LogP contribution in [0.3, 0.4) is 0 Å². The van der Waals surface area contributed by atoms with Crippen molar-refractivity contribution in [1.29, 1.82) is 0 Å². The SMILES string of the molecule is C(#Cc1cnc2n1N=IC=C2)c1ccccc1. The molecule has 0 unspecified atom stereocenters. The molecule has 0 bridgehead atoms. The number of nitrogens with zero attached hydrogens (tertiary/aromatic N) is 3. The zero-order valence-corrected chi connectivity index (χ0v) is 11.0. The van der Waals surface area contributed by atoms with E-state index in [1.54, 1.807) is 6.20 Å². The van der Waals surface area contributed by atoms with Crippen molar-refractivity contribution in [3.63, 3.8) is 0 Å². The molecular weight excluding hydrogens is 325 g/mol. The van der Waals surface area contributed by atoms with Crippen LogP contribution in [0.25, 0.3) is 6.08 Å². The molecule has 0 aliphatic carbocycles. The number of hydrogen-bond acceptors (Lipinski definition) is 2. The number of imidazole rings is 1. The van der Waals surface area contributed by atoms with Crippen LogP contribution in [0.2, 0.25) is 0 Å². The molecule has 4 heteroatoms. The molecule has 2 aromatic rings. The highest BCUT2D eigenvalue weighted by Gasteiger charge is 2.06. The summed E-state index contributed by atoms with van der Waals surface area (Å²) >= 11 is -0.232. The van der Waals surface area contributed by atoms with Crippen molar-refractivity contribution >= 4 is 27.1 Å². The average molecular weight is 333 g/mol. The lowest BCUT2D eigenvalue weighted by Gasteiger charge is -1.99. The standard InChI is InChI=1S/C13H8IN3/c1-2-4-11(5-3-1)6-7-12-10-15-13-8-9-14-16-17(12)13/h1-5,8-10H. The van der Waals surface area contributed by atoms with Crippen molar-refractivity contribution in [3.05, 3.63) is 57.7 Å². The normalized spacial score (nSPS) is 12.2. The second-order valence-electron chi connectivity index (χ2n) is 3.40. The molecule has 3 rings (SSSR count). The van der Waals surface area contributed by atoms with E-state index in [0.717, 1.165) is 17.1 Å². The molecule has 0 spiro atoms. The fourth-order valence-electron chi connectivity index (χ4n) is 1.45. The number of halogens is 1. The molecule has 0 radical (unpaired) electrons. The van der Waals surface area contributed by atoms with E-state index in [9.17, 15) is 0 Å². The van der Waals surface area contributed by atoms with Gasteiger partial charge in [0.1, 0.15) is 5.69 Å². The van der Waals surface area contributed by atoms with Crippen LogP contribution in [-0.4, -0.2) is 9.66 Å². The van der Waals surface area contributed by atoms with Gasteiger partial charge in [-0.15, -0.1) is 3.25 Å². The van der Waals surface area contributed by atoms with Crippen molar-refractivity contribution in [1.82, 2.24) is 9.66 Å². The summed E-state index contributed by atoms with van der Waals surface area (Å²) in [6.45, 7) is 0. The van der Waals surface area contributed by atoms with Crippen LogP contribution >= 0.6 is 21.0 Å². The van der Waals surface area contributed by atoms with Crippen molar-refractivity contribution < 1.29 is 0 Å². The topological polar surface area (TPSA) is 30.2 Å². The Morgan fingerprint density at radius 1 is 1.12 bits per heavy atom. The molecule has 0 amide bonds. The molecule has 82 valence electrons. The Morgan fingerprint density at radius 3 is 2.88 bits per heavy atom. The Kier molecular flexibility index (Phi) is 2.84. The third-order valence-corrected chi connectivity index (χ3v) is 3.62. The summed E-state index contributed by atoms with van der Waals surface area (Å²) in [7, 11) is 0. The monoisotopic (exact) mass is 333 g/mol. The van der Waals surface area contributed by atoms with Gasteiger partial charge in [-0.2, -0.15) is 0 Å².